The highest BCUT2D eigenvalue weighted by Gasteiger charge is 2.27. The summed E-state index contributed by atoms with van der Waals surface area (Å²) in [5, 5.41) is 2.25. The predicted molar refractivity (Wildman–Crippen MR) is 159 cm³/mol. The van der Waals surface area contributed by atoms with Gasteiger partial charge in [-0.05, 0) is 59.2 Å². The van der Waals surface area contributed by atoms with Crippen LogP contribution >= 0.6 is 0 Å². The van der Waals surface area contributed by atoms with E-state index in [1.165, 1.54) is 5.56 Å². The Kier molecular flexibility index (Phi) is 4.82. The van der Waals surface area contributed by atoms with Gasteiger partial charge in [-0.2, -0.15) is 0 Å². The van der Waals surface area contributed by atoms with Gasteiger partial charge in [0.2, 0.25) is 0 Å². The summed E-state index contributed by atoms with van der Waals surface area (Å²) < 4.78 is 12.9. The monoisotopic (exact) mass is 501 g/mol. The number of rotatable bonds is 3. The van der Waals surface area contributed by atoms with Crippen molar-refractivity contribution in [2.75, 3.05) is 4.90 Å². The molecule has 1 aromatic heterocycles. The zero-order chi connectivity index (χ0) is 25.8. The molecule has 0 saturated carbocycles. The fourth-order valence-electron chi connectivity index (χ4n) is 5.61. The number of benzene rings is 6. The van der Waals surface area contributed by atoms with Gasteiger partial charge in [0, 0.05) is 22.0 Å². The lowest BCUT2D eigenvalue weighted by molar-refractivity contribution is 0.477. The van der Waals surface area contributed by atoms with Crippen LogP contribution in [-0.4, -0.2) is 0 Å². The van der Waals surface area contributed by atoms with E-state index >= 15 is 0 Å². The van der Waals surface area contributed by atoms with E-state index in [0.717, 1.165) is 67.2 Å². The molecule has 7 aromatic rings. The molecule has 2 heterocycles. The highest BCUT2D eigenvalue weighted by atomic mass is 16.5. The minimum absolute atomic E-state index is 0.819. The van der Waals surface area contributed by atoms with Gasteiger partial charge < -0.3 is 14.1 Å². The molecule has 3 heteroatoms. The first kappa shape index (κ1) is 21.8. The molecule has 3 nitrogen and oxygen atoms in total. The van der Waals surface area contributed by atoms with Crippen molar-refractivity contribution in [2.45, 2.75) is 0 Å². The maximum absolute atomic E-state index is 6.48. The van der Waals surface area contributed by atoms with E-state index in [1.807, 2.05) is 24.3 Å². The van der Waals surface area contributed by atoms with Crippen LogP contribution in [0.25, 0.3) is 44.2 Å². The molecule has 0 amide bonds. The van der Waals surface area contributed by atoms with Crippen molar-refractivity contribution in [1.29, 1.82) is 0 Å². The van der Waals surface area contributed by atoms with Gasteiger partial charge >= 0.3 is 0 Å². The van der Waals surface area contributed by atoms with Crippen molar-refractivity contribution >= 4 is 39.0 Å². The molecule has 0 unspecified atom stereocenters. The Hall–Kier alpha value is -5.28. The van der Waals surface area contributed by atoms with Crippen LogP contribution in [0.15, 0.2) is 144 Å². The fourth-order valence-corrected chi connectivity index (χ4v) is 5.61. The minimum atomic E-state index is 0.819. The lowest BCUT2D eigenvalue weighted by atomic mass is 9.99. The first-order chi connectivity index (χ1) is 19.3. The second kappa shape index (κ2) is 8.64. The van der Waals surface area contributed by atoms with Crippen LogP contribution in [-0.2, 0) is 0 Å². The second-order valence-corrected chi connectivity index (χ2v) is 9.78. The maximum Gasteiger partial charge on any atom is 0.151 e. The SMILES string of the molecule is c1ccc(-c2ccc3c(c2)N(c2ccccc2)c2cc(-c4cccc5c4oc4ccccc45)ccc2O3)cc1. The van der Waals surface area contributed by atoms with E-state index in [4.69, 9.17) is 9.15 Å². The van der Waals surface area contributed by atoms with Crippen LogP contribution < -0.4 is 9.64 Å². The maximum atomic E-state index is 6.48. The number of hydrogen-bond donors (Lipinski definition) is 0. The van der Waals surface area contributed by atoms with Gasteiger partial charge in [0.1, 0.15) is 11.2 Å². The predicted octanol–water partition coefficient (Wildman–Crippen LogP) is 10.5. The van der Waals surface area contributed by atoms with Crippen LogP contribution in [0.4, 0.5) is 17.1 Å². The molecule has 0 bridgehead atoms. The van der Waals surface area contributed by atoms with E-state index in [0.29, 0.717) is 0 Å². The molecule has 0 atom stereocenters. The molecule has 0 saturated heterocycles. The summed E-state index contributed by atoms with van der Waals surface area (Å²) in [6, 6.07) is 48.3. The molecule has 1 aliphatic heterocycles. The molecular formula is C36H23NO2. The molecule has 1 aliphatic rings. The van der Waals surface area contributed by atoms with E-state index in [-0.39, 0.29) is 0 Å². The lowest BCUT2D eigenvalue weighted by Gasteiger charge is -2.33. The fraction of sp³-hybridized carbons (Fsp3) is 0. The number of ether oxygens (including phenoxy) is 1. The quantitative estimate of drug-likeness (QED) is 0.241. The number of nitrogens with zero attached hydrogens (tertiary/aromatic N) is 1. The largest absolute Gasteiger partial charge is 0.455 e. The molecule has 6 aromatic carbocycles. The van der Waals surface area contributed by atoms with Crippen LogP contribution in [0.2, 0.25) is 0 Å². The Bertz CT molecular complexity index is 1990. The van der Waals surface area contributed by atoms with Crippen LogP contribution in [0, 0.1) is 0 Å². The minimum Gasteiger partial charge on any atom is -0.455 e. The second-order valence-electron chi connectivity index (χ2n) is 9.78. The van der Waals surface area contributed by atoms with E-state index < -0.39 is 0 Å². The number of para-hydroxylation sites is 3. The summed E-state index contributed by atoms with van der Waals surface area (Å²) in [5.41, 5.74) is 9.32. The Balaban J connectivity index is 1.33. The van der Waals surface area contributed by atoms with E-state index in [9.17, 15) is 0 Å². The Morgan fingerprint density at radius 2 is 1.10 bits per heavy atom. The molecule has 0 aliphatic carbocycles. The standard InChI is InChI=1S/C36H23NO2/c1-3-10-24(11-4-1)25-18-20-34-31(22-25)37(27-12-5-2-6-13-27)32-23-26(19-21-35(32)38-34)28-15-9-16-30-29-14-7-8-17-33(29)39-36(28)30/h1-23H. The van der Waals surface area contributed by atoms with E-state index in [2.05, 4.69) is 120 Å². The summed E-state index contributed by atoms with van der Waals surface area (Å²) in [6.07, 6.45) is 0. The molecule has 0 fully saturated rings. The number of anilines is 3. The highest BCUT2D eigenvalue weighted by Crippen LogP contribution is 2.52. The number of fused-ring (bicyclic) bond motifs is 5. The van der Waals surface area contributed by atoms with Crippen molar-refractivity contribution in [1.82, 2.24) is 0 Å². The number of furan rings is 1. The first-order valence-corrected chi connectivity index (χ1v) is 13.1. The Morgan fingerprint density at radius 1 is 0.462 bits per heavy atom. The molecular weight excluding hydrogens is 478 g/mol. The smallest absolute Gasteiger partial charge is 0.151 e. The van der Waals surface area contributed by atoms with Gasteiger partial charge in [-0.15, -0.1) is 0 Å². The third kappa shape index (κ3) is 3.52. The molecule has 8 rings (SSSR count). The molecule has 0 N–H and O–H groups in total. The van der Waals surface area contributed by atoms with E-state index in [1.54, 1.807) is 0 Å². The lowest BCUT2D eigenvalue weighted by Crippen LogP contribution is -2.16. The Labute approximate surface area is 226 Å². The van der Waals surface area contributed by atoms with Crippen molar-refractivity contribution in [3.8, 4) is 33.8 Å². The molecule has 0 radical (unpaired) electrons. The Morgan fingerprint density at radius 3 is 1.90 bits per heavy atom. The van der Waals surface area contributed by atoms with Gasteiger partial charge in [0.15, 0.2) is 11.5 Å². The van der Waals surface area contributed by atoms with Crippen molar-refractivity contribution < 1.29 is 9.15 Å². The van der Waals surface area contributed by atoms with Gasteiger partial charge in [-0.1, -0.05) is 97.1 Å². The zero-order valence-corrected chi connectivity index (χ0v) is 21.0. The molecule has 0 spiro atoms. The van der Waals surface area contributed by atoms with Crippen LogP contribution in [0.5, 0.6) is 11.5 Å². The molecule has 39 heavy (non-hydrogen) atoms. The average Bonchev–Trinajstić information content (AvgIpc) is 3.39. The topological polar surface area (TPSA) is 25.6 Å². The first-order valence-electron chi connectivity index (χ1n) is 13.1. The van der Waals surface area contributed by atoms with Gasteiger partial charge in [-0.3, -0.25) is 0 Å². The van der Waals surface area contributed by atoms with Crippen molar-refractivity contribution in [3.05, 3.63) is 140 Å². The number of hydrogen-bond acceptors (Lipinski definition) is 3. The zero-order valence-electron chi connectivity index (χ0n) is 21.0. The molecule has 184 valence electrons. The third-order valence-electron chi connectivity index (χ3n) is 7.46. The summed E-state index contributed by atoms with van der Waals surface area (Å²) in [6.45, 7) is 0. The summed E-state index contributed by atoms with van der Waals surface area (Å²) in [5.74, 6) is 1.65. The van der Waals surface area contributed by atoms with Crippen LogP contribution in [0.1, 0.15) is 0 Å². The van der Waals surface area contributed by atoms with Gasteiger partial charge in [0.05, 0.1) is 11.4 Å². The van der Waals surface area contributed by atoms with Crippen molar-refractivity contribution in [2.24, 2.45) is 0 Å². The highest BCUT2D eigenvalue weighted by molar-refractivity contribution is 6.09. The van der Waals surface area contributed by atoms with Gasteiger partial charge in [-0.25, -0.2) is 0 Å². The van der Waals surface area contributed by atoms with Gasteiger partial charge in [0.25, 0.3) is 0 Å². The summed E-state index contributed by atoms with van der Waals surface area (Å²) in [7, 11) is 0. The normalized spacial score (nSPS) is 12.3. The van der Waals surface area contributed by atoms with Crippen LogP contribution in [0.3, 0.4) is 0 Å². The average molecular weight is 502 g/mol. The third-order valence-corrected chi connectivity index (χ3v) is 7.46. The summed E-state index contributed by atoms with van der Waals surface area (Å²) >= 11 is 0. The van der Waals surface area contributed by atoms with Crippen molar-refractivity contribution in [3.63, 3.8) is 0 Å². The summed E-state index contributed by atoms with van der Waals surface area (Å²) in [4.78, 5) is 2.29.